The van der Waals surface area contributed by atoms with Crippen LogP contribution in [-0.2, 0) is 0 Å². The highest BCUT2D eigenvalue weighted by Crippen LogP contribution is 2.38. The van der Waals surface area contributed by atoms with Crippen molar-refractivity contribution in [3.63, 3.8) is 0 Å². The third kappa shape index (κ3) is 3.39. The minimum Gasteiger partial charge on any atom is -0.481 e. The summed E-state index contributed by atoms with van der Waals surface area (Å²) in [6.45, 7) is 9.08. The summed E-state index contributed by atoms with van der Waals surface area (Å²) in [6.07, 6.45) is 7.88. The Morgan fingerprint density at radius 1 is 1.13 bits per heavy atom. The fourth-order valence-corrected chi connectivity index (χ4v) is 3.96. The fraction of sp³-hybridized carbons (Fsp3) is 0.556. The number of hydrogen-bond acceptors (Lipinski definition) is 4. The molecule has 1 N–H and O–H groups in total. The fourth-order valence-electron chi connectivity index (χ4n) is 3.96. The lowest BCUT2D eigenvalue weighted by Gasteiger charge is -2.47. The second-order valence-electron chi connectivity index (χ2n) is 7.70. The van der Waals surface area contributed by atoms with Gasteiger partial charge in [0.15, 0.2) is 0 Å². The Labute approximate surface area is 138 Å². The number of rotatable bonds is 3. The van der Waals surface area contributed by atoms with E-state index in [9.17, 15) is 0 Å². The molecule has 0 spiro atoms. The van der Waals surface area contributed by atoms with Crippen LogP contribution in [0.1, 0.15) is 46.6 Å². The van der Waals surface area contributed by atoms with Crippen LogP contribution in [0, 0.1) is 0 Å². The second kappa shape index (κ2) is 5.64. The number of nitrogens with zero attached hydrogens (tertiary/aromatic N) is 3. The van der Waals surface area contributed by atoms with Crippen molar-refractivity contribution in [2.24, 2.45) is 0 Å². The van der Waals surface area contributed by atoms with Crippen LogP contribution in [0.5, 0.6) is 5.88 Å². The third-order valence-electron chi connectivity index (χ3n) is 4.43. The predicted molar refractivity (Wildman–Crippen MR) is 91.6 cm³/mol. The summed E-state index contributed by atoms with van der Waals surface area (Å²) >= 11 is 0. The monoisotopic (exact) mass is 314 g/mol. The average molecular weight is 314 g/mol. The van der Waals surface area contributed by atoms with Crippen LogP contribution < -0.4 is 10.1 Å². The Hall–Kier alpha value is -1.88. The first-order valence-electron chi connectivity index (χ1n) is 8.12. The van der Waals surface area contributed by atoms with E-state index in [4.69, 9.17) is 4.74 Å². The van der Waals surface area contributed by atoms with E-state index in [1.54, 1.807) is 13.3 Å². The van der Waals surface area contributed by atoms with Crippen LogP contribution in [-0.4, -0.2) is 32.7 Å². The Morgan fingerprint density at radius 3 is 2.48 bits per heavy atom. The lowest BCUT2D eigenvalue weighted by molar-refractivity contribution is 0.133. The molecule has 3 rings (SSSR count). The van der Waals surface area contributed by atoms with Gasteiger partial charge >= 0.3 is 0 Å². The van der Waals surface area contributed by atoms with Gasteiger partial charge in [-0.2, -0.15) is 0 Å². The number of nitrogens with one attached hydrogen (secondary N) is 1. The van der Waals surface area contributed by atoms with Crippen molar-refractivity contribution in [2.75, 3.05) is 7.11 Å². The summed E-state index contributed by atoms with van der Waals surface area (Å²) in [5.74, 6) is 1.59. The topological polar surface area (TPSA) is 52.0 Å². The number of pyridine rings is 1. The zero-order valence-corrected chi connectivity index (χ0v) is 14.6. The van der Waals surface area contributed by atoms with Gasteiger partial charge in [-0.15, -0.1) is 0 Å². The van der Waals surface area contributed by atoms with Crippen molar-refractivity contribution in [2.45, 2.75) is 57.7 Å². The third-order valence-corrected chi connectivity index (χ3v) is 4.43. The van der Waals surface area contributed by atoms with Crippen LogP contribution in [0.15, 0.2) is 30.7 Å². The summed E-state index contributed by atoms with van der Waals surface area (Å²) < 4.78 is 7.55. The highest BCUT2D eigenvalue weighted by Gasteiger charge is 2.38. The summed E-state index contributed by atoms with van der Waals surface area (Å²) in [7, 11) is 1.64. The molecule has 1 aliphatic heterocycles. The minimum absolute atomic E-state index is 0.101. The molecule has 0 aliphatic carbocycles. The van der Waals surface area contributed by atoms with Crippen molar-refractivity contribution >= 4 is 0 Å². The molecule has 5 nitrogen and oxygen atoms in total. The summed E-state index contributed by atoms with van der Waals surface area (Å²) in [4.78, 5) is 8.78. The first-order chi connectivity index (χ1) is 10.8. The molecule has 0 atom stereocenters. The van der Waals surface area contributed by atoms with E-state index < -0.39 is 0 Å². The number of methoxy groups -OCH3 is 1. The van der Waals surface area contributed by atoms with Gasteiger partial charge in [-0.3, -0.25) is 0 Å². The minimum atomic E-state index is 0.101. The molecule has 0 amide bonds. The van der Waals surface area contributed by atoms with Gasteiger partial charge in [0.2, 0.25) is 5.88 Å². The highest BCUT2D eigenvalue weighted by atomic mass is 16.5. The van der Waals surface area contributed by atoms with Crippen molar-refractivity contribution < 1.29 is 4.74 Å². The Morgan fingerprint density at radius 2 is 1.83 bits per heavy atom. The molecule has 0 saturated carbocycles. The van der Waals surface area contributed by atoms with Crippen LogP contribution in [0.25, 0.3) is 11.4 Å². The number of imidazole rings is 1. The maximum atomic E-state index is 5.25. The molecule has 5 heteroatoms. The average Bonchev–Trinajstić information content (AvgIpc) is 2.93. The molecule has 1 fully saturated rings. The molecule has 124 valence electrons. The number of ether oxygens (including phenoxy) is 1. The van der Waals surface area contributed by atoms with E-state index in [1.165, 1.54) is 0 Å². The molecule has 0 bridgehead atoms. The highest BCUT2D eigenvalue weighted by molar-refractivity contribution is 5.56. The largest absolute Gasteiger partial charge is 0.481 e. The maximum absolute atomic E-state index is 5.25. The lowest BCUT2D eigenvalue weighted by atomic mass is 9.79. The molecule has 0 unspecified atom stereocenters. The normalized spacial score (nSPS) is 20.4. The van der Waals surface area contributed by atoms with E-state index in [1.807, 2.05) is 18.3 Å². The van der Waals surface area contributed by atoms with E-state index in [2.05, 4.69) is 53.7 Å². The van der Waals surface area contributed by atoms with Gasteiger partial charge in [-0.1, -0.05) is 0 Å². The van der Waals surface area contributed by atoms with Crippen LogP contribution in [0.3, 0.4) is 0 Å². The Balaban J connectivity index is 1.97. The summed E-state index contributed by atoms with van der Waals surface area (Å²) in [5.41, 5.74) is 1.24. The standard InChI is InChI=1S/C18H26N4O/c1-17(2)11-14(12-18(3,4)21-17)22-9-8-20-16(22)13-6-7-19-15(10-13)23-5/h6-10,14,21H,11-12H2,1-5H3. The summed E-state index contributed by atoms with van der Waals surface area (Å²) in [5, 5.41) is 3.74. The van der Waals surface area contributed by atoms with Gasteiger partial charge in [0, 0.05) is 47.3 Å². The molecular formula is C18H26N4O. The molecular weight excluding hydrogens is 288 g/mol. The number of piperidine rings is 1. The van der Waals surface area contributed by atoms with Crippen molar-refractivity contribution in [1.82, 2.24) is 19.9 Å². The Bertz CT molecular complexity index is 674. The van der Waals surface area contributed by atoms with Crippen molar-refractivity contribution in [3.05, 3.63) is 30.7 Å². The Kier molecular flexibility index (Phi) is 3.92. The number of aromatic nitrogens is 3. The molecule has 1 saturated heterocycles. The SMILES string of the molecule is COc1cc(-c2nccn2C2CC(C)(C)NC(C)(C)C2)ccn1. The predicted octanol–water partition coefficient (Wildman–Crippen LogP) is 3.44. The van der Waals surface area contributed by atoms with E-state index in [0.29, 0.717) is 11.9 Å². The molecule has 2 aromatic rings. The van der Waals surface area contributed by atoms with E-state index >= 15 is 0 Å². The molecule has 3 heterocycles. The number of hydrogen-bond donors (Lipinski definition) is 1. The van der Waals surface area contributed by atoms with E-state index in [0.717, 1.165) is 24.2 Å². The van der Waals surface area contributed by atoms with Gasteiger partial charge < -0.3 is 14.6 Å². The maximum Gasteiger partial charge on any atom is 0.213 e. The second-order valence-corrected chi connectivity index (χ2v) is 7.70. The van der Waals surface area contributed by atoms with Crippen LogP contribution in [0.2, 0.25) is 0 Å². The van der Waals surface area contributed by atoms with Gasteiger partial charge in [0.25, 0.3) is 0 Å². The van der Waals surface area contributed by atoms with Crippen LogP contribution >= 0.6 is 0 Å². The van der Waals surface area contributed by atoms with Gasteiger partial charge in [0.1, 0.15) is 5.82 Å². The molecule has 0 radical (unpaired) electrons. The van der Waals surface area contributed by atoms with Gasteiger partial charge in [-0.25, -0.2) is 9.97 Å². The molecule has 23 heavy (non-hydrogen) atoms. The van der Waals surface area contributed by atoms with Crippen LogP contribution in [0.4, 0.5) is 0 Å². The van der Waals surface area contributed by atoms with Gasteiger partial charge in [0.05, 0.1) is 7.11 Å². The summed E-state index contributed by atoms with van der Waals surface area (Å²) in [6, 6.07) is 4.34. The first-order valence-corrected chi connectivity index (χ1v) is 8.12. The van der Waals surface area contributed by atoms with Gasteiger partial charge in [-0.05, 0) is 46.6 Å². The first kappa shape index (κ1) is 16.0. The van der Waals surface area contributed by atoms with E-state index in [-0.39, 0.29) is 11.1 Å². The molecule has 1 aliphatic rings. The quantitative estimate of drug-likeness (QED) is 0.943. The lowest BCUT2D eigenvalue weighted by Crippen LogP contribution is -2.57. The zero-order valence-electron chi connectivity index (χ0n) is 14.6. The van der Waals surface area contributed by atoms with Crippen molar-refractivity contribution in [3.8, 4) is 17.3 Å². The molecule has 0 aromatic carbocycles. The van der Waals surface area contributed by atoms with Crippen molar-refractivity contribution in [1.29, 1.82) is 0 Å². The molecule has 2 aromatic heterocycles. The smallest absolute Gasteiger partial charge is 0.213 e. The zero-order chi connectivity index (χ0) is 16.7.